The van der Waals surface area contributed by atoms with Gasteiger partial charge in [0.2, 0.25) is 0 Å². The van der Waals surface area contributed by atoms with Crippen LogP contribution in [0.2, 0.25) is 0 Å². The molecule has 0 spiro atoms. The van der Waals surface area contributed by atoms with Crippen molar-refractivity contribution in [2.75, 3.05) is 49.1 Å². The van der Waals surface area contributed by atoms with Crippen molar-refractivity contribution in [2.24, 2.45) is 5.92 Å². The summed E-state index contributed by atoms with van der Waals surface area (Å²) >= 11 is 0. The first-order chi connectivity index (χ1) is 12.2. The second-order valence-electron chi connectivity index (χ2n) is 7.39. The summed E-state index contributed by atoms with van der Waals surface area (Å²) in [5.41, 5.74) is 0.936. The Morgan fingerprint density at radius 2 is 1.92 bits per heavy atom. The van der Waals surface area contributed by atoms with E-state index in [0.29, 0.717) is 0 Å². The van der Waals surface area contributed by atoms with Crippen molar-refractivity contribution in [3.8, 4) is 0 Å². The molecule has 2 saturated heterocycles. The van der Waals surface area contributed by atoms with E-state index in [1.807, 2.05) is 18.3 Å². The third-order valence-electron chi connectivity index (χ3n) is 5.58. The van der Waals surface area contributed by atoms with Crippen LogP contribution in [-0.4, -0.2) is 44.3 Å². The van der Waals surface area contributed by atoms with Gasteiger partial charge in [-0.1, -0.05) is 19.1 Å². The molecule has 5 heteroatoms. The molecule has 0 atom stereocenters. The third kappa shape index (κ3) is 3.30. The SMILES string of the molecule is CC1CCN(c2ncc(N3CCCNCC3)c3c(F)cccc23)CC1. The number of benzene rings is 1. The van der Waals surface area contributed by atoms with Crippen LogP contribution >= 0.6 is 0 Å². The van der Waals surface area contributed by atoms with Crippen LogP contribution in [0.3, 0.4) is 0 Å². The Labute approximate surface area is 149 Å². The molecule has 0 bridgehead atoms. The Morgan fingerprint density at radius 1 is 1.08 bits per heavy atom. The van der Waals surface area contributed by atoms with E-state index < -0.39 is 0 Å². The summed E-state index contributed by atoms with van der Waals surface area (Å²) in [5.74, 6) is 1.57. The standard InChI is InChI=1S/C20H27FN4/c1-15-6-11-25(12-7-15)20-16-4-2-5-17(21)19(16)18(14-23-20)24-10-3-8-22-9-13-24/h2,4-5,14-15,22H,3,6-13H2,1H3. The number of halogens is 1. The van der Waals surface area contributed by atoms with E-state index in [-0.39, 0.29) is 5.82 Å². The highest BCUT2D eigenvalue weighted by Gasteiger charge is 2.22. The number of rotatable bonds is 2. The fourth-order valence-corrected chi connectivity index (χ4v) is 4.03. The third-order valence-corrected chi connectivity index (χ3v) is 5.58. The Bertz CT molecular complexity index is 732. The normalized spacial score (nSPS) is 20.1. The number of fused-ring (bicyclic) bond motifs is 1. The van der Waals surface area contributed by atoms with Gasteiger partial charge < -0.3 is 15.1 Å². The van der Waals surface area contributed by atoms with E-state index in [4.69, 9.17) is 4.98 Å². The number of aromatic nitrogens is 1. The van der Waals surface area contributed by atoms with Crippen LogP contribution < -0.4 is 15.1 Å². The van der Waals surface area contributed by atoms with Gasteiger partial charge in [-0.3, -0.25) is 0 Å². The number of nitrogens with one attached hydrogen (secondary N) is 1. The number of hydrogen-bond donors (Lipinski definition) is 1. The lowest BCUT2D eigenvalue weighted by Crippen LogP contribution is -2.34. The van der Waals surface area contributed by atoms with Crippen LogP contribution in [0.1, 0.15) is 26.2 Å². The topological polar surface area (TPSA) is 31.4 Å². The average molecular weight is 342 g/mol. The highest BCUT2D eigenvalue weighted by atomic mass is 19.1. The minimum absolute atomic E-state index is 0.140. The largest absolute Gasteiger partial charge is 0.368 e. The molecule has 1 aromatic heterocycles. The molecule has 0 amide bonds. The molecule has 2 aliphatic heterocycles. The molecule has 1 aromatic carbocycles. The quantitative estimate of drug-likeness (QED) is 0.906. The lowest BCUT2D eigenvalue weighted by molar-refractivity contribution is 0.437. The molecule has 0 saturated carbocycles. The van der Waals surface area contributed by atoms with E-state index in [0.717, 1.165) is 73.9 Å². The lowest BCUT2D eigenvalue weighted by atomic mass is 9.98. The summed E-state index contributed by atoms with van der Waals surface area (Å²) in [6, 6.07) is 5.41. The molecule has 4 nitrogen and oxygen atoms in total. The summed E-state index contributed by atoms with van der Waals surface area (Å²) in [6.45, 7) is 8.11. The van der Waals surface area contributed by atoms with Gasteiger partial charge >= 0.3 is 0 Å². The number of pyridine rings is 1. The van der Waals surface area contributed by atoms with E-state index in [2.05, 4.69) is 22.0 Å². The van der Waals surface area contributed by atoms with E-state index >= 15 is 0 Å². The second kappa shape index (κ2) is 7.16. The van der Waals surface area contributed by atoms with Crippen LogP contribution in [0.4, 0.5) is 15.9 Å². The van der Waals surface area contributed by atoms with Crippen LogP contribution in [0.5, 0.6) is 0 Å². The van der Waals surface area contributed by atoms with E-state index in [1.54, 1.807) is 6.07 Å². The van der Waals surface area contributed by atoms with Crippen molar-refractivity contribution in [2.45, 2.75) is 26.2 Å². The first-order valence-electron chi connectivity index (χ1n) is 9.52. The minimum atomic E-state index is -0.140. The Kier molecular flexibility index (Phi) is 4.75. The van der Waals surface area contributed by atoms with Gasteiger partial charge in [0, 0.05) is 43.5 Å². The molecule has 2 aromatic rings. The maximum Gasteiger partial charge on any atom is 0.136 e. The van der Waals surface area contributed by atoms with Crippen molar-refractivity contribution < 1.29 is 4.39 Å². The van der Waals surface area contributed by atoms with Crippen LogP contribution in [0, 0.1) is 11.7 Å². The average Bonchev–Trinajstić information content (AvgIpc) is 2.91. The molecule has 2 aliphatic rings. The van der Waals surface area contributed by atoms with E-state index in [1.165, 1.54) is 12.8 Å². The zero-order valence-corrected chi connectivity index (χ0v) is 15.0. The van der Waals surface area contributed by atoms with Crippen molar-refractivity contribution in [1.29, 1.82) is 0 Å². The van der Waals surface area contributed by atoms with Gasteiger partial charge in [0.15, 0.2) is 0 Å². The molecule has 0 aliphatic carbocycles. The zero-order chi connectivity index (χ0) is 17.2. The minimum Gasteiger partial charge on any atom is -0.368 e. The molecule has 3 heterocycles. The van der Waals surface area contributed by atoms with Gasteiger partial charge in [0.25, 0.3) is 0 Å². The predicted molar refractivity (Wildman–Crippen MR) is 102 cm³/mol. The van der Waals surface area contributed by atoms with Crippen LogP contribution in [0.15, 0.2) is 24.4 Å². The smallest absolute Gasteiger partial charge is 0.136 e. The monoisotopic (exact) mass is 342 g/mol. The van der Waals surface area contributed by atoms with Gasteiger partial charge in [0.05, 0.1) is 11.9 Å². The van der Waals surface area contributed by atoms with E-state index in [9.17, 15) is 4.39 Å². The predicted octanol–water partition coefficient (Wildman–Crippen LogP) is 3.41. The molecule has 2 fully saturated rings. The van der Waals surface area contributed by atoms with Crippen LogP contribution in [-0.2, 0) is 0 Å². The molecular formula is C20H27FN4. The van der Waals surface area contributed by atoms with Crippen LogP contribution in [0.25, 0.3) is 10.8 Å². The van der Waals surface area contributed by atoms with Gasteiger partial charge in [-0.25, -0.2) is 9.37 Å². The maximum atomic E-state index is 14.8. The Balaban J connectivity index is 1.77. The summed E-state index contributed by atoms with van der Waals surface area (Å²) in [6.07, 6.45) is 5.32. The summed E-state index contributed by atoms with van der Waals surface area (Å²) < 4.78 is 14.8. The molecule has 4 rings (SSSR count). The molecule has 0 radical (unpaired) electrons. The molecule has 0 unspecified atom stereocenters. The highest BCUT2D eigenvalue weighted by Crippen LogP contribution is 2.35. The van der Waals surface area contributed by atoms with Crippen molar-refractivity contribution in [1.82, 2.24) is 10.3 Å². The number of piperidine rings is 1. The fourth-order valence-electron chi connectivity index (χ4n) is 4.03. The zero-order valence-electron chi connectivity index (χ0n) is 15.0. The number of nitrogens with zero attached hydrogens (tertiary/aromatic N) is 3. The van der Waals surface area contributed by atoms with Gasteiger partial charge in [0.1, 0.15) is 11.6 Å². The van der Waals surface area contributed by atoms with Crippen molar-refractivity contribution >= 4 is 22.3 Å². The van der Waals surface area contributed by atoms with Gasteiger partial charge in [-0.2, -0.15) is 0 Å². The summed E-state index contributed by atoms with van der Waals surface area (Å²) in [5, 5.41) is 5.09. The molecular weight excluding hydrogens is 315 g/mol. The maximum absolute atomic E-state index is 14.8. The van der Waals surface area contributed by atoms with Gasteiger partial charge in [-0.05, 0) is 37.8 Å². The van der Waals surface area contributed by atoms with Crippen molar-refractivity contribution in [3.63, 3.8) is 0 Å². The Morgan fingerprint density at radius 3 is 2.76 bits per heavy atom. The fraction of sp³-hybridized carbons (Fsp3) is 0.550. The number of hydrogen-bond acceptors (Lipinski definition) is 4. The summed E-state index contributed by atoms with van der Waals surface area (Å²) in [7, 11) is 0. The molecule has 134 valence electrons. The number of anilines is 2. The first kappa shape index (κ1) is 16.6. The summed E-state index contributed by atoms with van der Waals surface area (Å²) in [4.78, 5) is 9.41. The first-order valence-corrected chi connectivity index (χ1v) is 9.52. The molecule has 1 N–H and O–H groups in total. The van der Waals surface area contributed by atoms with Gasteiger partial charge in [-0.15, -0.1) is 0 Å². The Hall–Kier alpha value is -1.88. The second-order valence-corrected chi connectivity index (χ2v) is 7.39. The van der Waals surface area contributed by atoms with Crippen molar-refractivity contribution in [3.05, 3.63) is 30.2 Å². The molecule has 25 heavy (non-hydrogen) atoms. The lowest BCUT2D eigenvalue weighted by Gasteiger charge is -2.33. The highest BCUT2D eigenvalue weighted by molar-refractivity contribution is 6.01.